The second-order valence-corrected chi connectivity index (χ2v) is 6.83. The van der Waals surface area contributed by atoms with Gasteiger partial charge in [0.25, 0.3) is 0 Å². The van der Waals surface area contributed by atoms with Crippen LogP contribution in [0.2, 0.25) is 0 Å². The number of thiazole rings is 1. The summed E-state index contributed by atoms with van der Waals surface area (Å²) in [6, 6.07) is 7.95. The first-order valence-corrected chi connectivity index (χ1v) is 8.80. The first-order valence-electron chi connectivity index (χ1n) is 7.99. The minimum Gasteiger partial charge on any atom is -0.353 e. The van der Waals surface area contributed by atoms with Crippen molar-refractivity contribution in [2.75, 3.05) is 0 Å². The maximum Gasteiger partial charge on any atom is 0.450 e. The van der Waals surface area contributed by atoms with E-state index in [9.17, 15) is 23.4 Å². The quantitative estimate of drug-likeness (QED) is 0.546. The van der Waals surface area contributed by atoms with Gasteiger partial charge in [0.05, 0.1) is 0 Å². The zero-order chi connectivity index (χ0) is 18.5. The molecule has 0 bridgehead atoms. The van der Waals surface area contributed by atoms with Crippen LogP contribution in [0.25, 0.3) is 12.2 Å². The fourth-order valence-electron chi connectivity index (χ4n) is 2.20. The molecule has 0 unspecified atom stereocenters. The van der Waals surface area contributed by atoms with Gasteiger partial charge in [-0.15, -0.1) is 11.3 Å². The van der Waals surface area contributed by atoms with E-state index in [0.29, 0.717) is 16.2 Å². The molecule has 0 radical (unpaired) electrons. The highest BCUT2D eigenvalue weighted by Gasteiger charge is 2.56. The summed E-state index contributed by atoms with van der Waals surface area (Å²) in [5.41, 5.74) is 2.16. The Labute approximate surface area is 148 Å². The van der Waals surface area contributed by atoms with Crippen LogP contribution in [0.3, 0.4) is 0 Å². The molecule has 0 amide bonds. The maximum absolute atomic E-state index is 12.6. The summed E-state index contributed by atoms with van der Waals surface area (Å²) in [7, 11) is 0. The van der Waals surface area contributed by atoms with E-state index in [4.69, 9.17) is 0 Å². The number of aryl methyl sites for hydroxylation is 1. The zero-order valence-electron chi connectivity index (χ0n) is 13.8. The van der Waals surface area contributed by atoms with Crippen molar-refractivity contribution in [1.82, 2.24) is 4.98 Å². The second-order valence-electron chi connectivity index (χ2n) is 5.77. The van der Waals surface area contributed by atoms with Gasteiger partial charge in [0.2, 0.25) is 0 Å². The average Bonchev–Trinajstić information content (AvgIpc) is 3.03. The van der Waals surface area contributed by atoms with Crippen molar-refractivity contribution in [3.8, 4) is 0 Å². The van der Waals surface area contributed by atoms with Crippen molar-refractivity contribution in [1.29, 1.82) is 0 Å². The summed E-state index contributed by atoms with van der Waals surface area (Å²) < 4.78 is 37.7. The summed E-state index contributed by atoms with van der Waals surface area (Å²) >= 11 is 0.585. The summed E-state index contributed by atoms with van der Waals surface area (Å²) in [5.74, 6) is -3.93. The van der Waals surface area contributed by atoms with Crippen LogP contribution in [0.15, 0.2) is 30.5 Å². The SMILES string of the molecule is CCCCCc1ccc(/C=C/c2cnc(C(O)(O)C(F)(F)F)s2)cc1. The summed E-state index contributed by atoms with van der Waals surface area (Å²) in [5, 5.41) is 17.6. The van der Waals surface area contributed by atoms with Crippen LogP contribution >= 0.6 is 11.3 Å². The number of hydrogen-bond acceptors (Lipinski definition) is 4. The molecule has 1 heterocycles. The molecule has 7 heteroatoms. The maximum atomic E-state index is 12.6. The van der Waals surface area contributed by atoms with Crippen LogP contribution in [-0.4, -0.2) is 21.4 Å². The lowest BCUT2D eigenvalue weighted by atomic mass is 10.1. The molecule has 2 rings (SSSR count). The Kier molecular flexibility index (Phi) is 6.37. The third-order valence-electron chi connectivity index (χ3n) is 3.71. The van der Waals surface area contributed by atoms with Crippen molar-refractivity contribution in [3.05, 3.63) is 51.5 Å². The van der Waals surface area contributed by atoms with Crippen LogP contribution < -0.4 is 0 Å². The van der Waals surface area contributed by atoms with E-state index in [1.807, 2.05) is 24.3 Å². The summed E-state index contributed by atoms with van der Waals surface area (Å²) in [4.78, 5) is 3.87. The monoisotopic (exact) mass is 371 g/mol. The number of aromatic nitrogens is 1. The molecule has 3 nitrogen and oxygen atoms in total. The number of benzene rings is 1. The lowest BCUT2D eigenvalue weighted by Crippen LogP contribution is -2.41. The van der Waals surface area contributed by atoms with Crippen LogP contribution in [-0.2, 0) is 12.2 Å². The second kappa shape index (κ2) is 8.12. The molecule has 0 aliphatic rings. The molecule has 0 saturated heterocycles. The van der Waals surface area contributed by atoms with E-state index in [1.54, 1.807) is 12.2 Å². The van der Waals surface area contributed by atoms with Gasteiger partial charge in [0.15, 0.2) is 5.01 Å². The van der Waals surface area contributed by atoms with Crippen molar-refractivity contribution in [3.63, 3.8) is 0 Å². The Morgan fingerprint density at radius 2 is 1.76 bits per heavy atom. The zero-order valence-corrected chi connectivity index (χ0v) is 14.6. The highest BCUT2D eigenvalue weighted by molar-refractivity contribution is 7.12. The first kappa shape index (κ1) is 19.6. The summed E-state index contributed by atoms with van der Waals surface area (Å²) in [6.07, 6.45) is 3.89. The fraction of sp³-hybridized carbons (Fsp3) is 0.389. The number of rotatable bonds is 7. The first-order chi connectivity index (χ1) is 11.7. The normalized spacial score (nSPS) is 12.9. The Hall–Kier alpha value is -1.70. The number of aliphatic hydroxyl groups is 2. The Morgan fingerprint density at radius 3 is 2.36 bits per heavy atom. The molecule has 1 aromatic carbocycles. The largest absolute Gasteiger partial charge is 0.450 e. The predicted octanol–water partition coefficient (Wildman–Crippen LogP) is 4.75. The lowest BCUT2D eigenvalue weighted by Gasteiger charge is -2.21. The molecule has 0 aliphatic carbocycles. The van der Waals surface area contributed by atoms with E-state index in [2.05, 4.69) is 11.9 Å². The molecule has 25 heavy (non-hydrogen) atoms. The highest BCUT2D eigenvalue weighted by Crippen LogP contribution is 2.38. The molecule has 2 aromatic rings. The van der Waals surface area contributed by atoms with E-state index in [-0.39, 0.29) is 0 Å². The minimum atomic E-state index is -5.19. The van der Waals surface area contributed by atoms with Crippen molar-refractivity contribution >= 4 is 23.5 Å². The molecule has 2 N–H and O–H groups in total. The van der Waals surface area contributed by atoms with Gasteiger partial charge in [-0.05, 0) is 30.0 Å². The molecular formula is C18H20F3NO2S. The third-order valence-corrected chi connectivity index (χ3v) is 4.77. The van der Waals surface area contributed by atoms with E-state index in [0.717, 1.165) is 18.4 Å². The van der Waals surface area contributed by atoms with Crippen LogP contribution in [0.1, 0.15) is 47.2 Å². The van der Waals surface area contributed by atoms with Gasteiger partial charge in [-0.2, -0.15) is 13.2 Å². The van der Waals surface area contributed by atoms with E-state index < -0.39 is 17.0 Å². The van der Waals surface area contributed by atoms with Crippen molar-refractivity contribution < 1.29 is 23.4 Å². The van der Waals surface area contributed by atoms with Crippen LogP contribution in [0.5, 0.6) is 0 Å². The van der Waals surface area contributed by atoms with E-state index >= 15 is 0 Å². The molecule has 0 aliphatic heterocycles. The minimum absolute atomic E-state index is 0.402. The number of hydrogen-bond donors (Lipinski definition) is 2. The van der Waals surface area contributed by atoms with Gasteiger partial charge >= 0.3 is 12.0 Å². The van der Waals surface area contributed by atoms with Crippen molar-refractivity contribution in [2.24, 2.45) is 0 Å². The molecular weight excluding hydrogens is 351 g/mol. The number of unbranched alkanes of at least 4 members (excludes halogenated alkanes) is 2. The predicted molar refractivity (Wildman–Crippen MR) is 92.9 cm³/mol. The van der Waals surface area contributed by atoms with Gasteiger partial charge in [-0.1, -0.05) is 50.1 Å². The Bertz CT molecular complexity index is 706. The van der Waals surface area contributed by atoms with Crippen LogP contribution in [0.4, 0.5) is 13.2 Å². The van der Waals surface area contributed by atoms with Gasteiger partial charge in [-0.25, -0.2) is 4.98 Å². The van der Waals surface area contributed by atoms with Gasteiger partial charge in [-0.3, -0.25) is 0 Å². The lowest BCUT2D eigenvalue weighted by molar-refractivity contribution is -0.358. The van der Waals surface area contributed by atoms with Gasteiger partial charge in [0, 0.05) is 11.1 Å². The molecule has 0 spiro atoms. The number of halogens is 3. The Morgan fingerprint density at radius 1 is 1.08 bits per heavy atom. The van der Waals surface area contributed by atoms with Crippen LogP contribution in [0, 0.1) is 0 Å². The molecule has 0 atom stereocenters. The molecule has 0 saturated carbocycles. The highest BCUT2D eigenvalue weighted by atomic mass is 32.1. The van der Waals surface area contributed by atoms with Crippen molar-refractivity contribution in [2.45, 2.75) is 44.6 Å². The topological polar surface area (TPSA) is 53.4 Å². The molecule has 136 valence electrons. The standard InChI is InChI=1S/C18H20F3NO2S/c1-2-3-4-5-13-6-8-14(9-7-13)10-11-15-12-22-16(25-15)17(23,24)18(19,20)21/h6-12,23-24H,2-5H2,1H3/b11-10+. The third kappa shape index (κ3) is 5.14. The van der Waals surface area contributed by atoms with E-state index in [1.165, 1.54) is 24.6 Å². The van der Waals surface area contributed by atoms with Gasteiger partial charge < -0.3 is 10.2 Å². The molecule has 1 aromatic heterocycles. The molecule has 0 fully saturated rings. The van der Waals surface area contributed by atoms with Gasteiger partial charge in [0.1, 0.15) is 0 Å². The number of alkyl halides is 3. The fourth-order valence-corrected chi connectivity index (χ4v) is 3.03. The summed E-state index contributed by atoms with van der Waals surface area (Å²) in [6.45, 7) is 2.16. The smallest absolute Gasteiger partial charge is 0.353 e. The Balaban J connectivity index is 2.03. The average molecular weight is 371 g/mol. The number of nitrogens with zero attached hydrogens (tertiary/aromatic N) is 1.